The summed E-state index contributed by atoms with van der Waals surface area (Å²) in [7, 11) is -2.81. The quantitative estimate of drug-likeness (QED) is 0.813. The van der Waals surface area contributed by atoms with Crippen LogP contribution in [0.3, 0.4) is 0 Å². The maximum Gasteiger partial charge on any atom is 0.150 e. The summed E-state index contributed by atoms with van der Waals surface area (Å²) in [6.45, 7) is 6.08. The summed E-state index contributed by atoms with van der Waals surface area (Å²) in [5, 5.41) is 0. The third kappa shape index (κ3) is 3.06. The fourth-order valence-electron chi connectivity index (χ4n) is 3.04. The van der Waals surface area contributed by atoms with Crippen molar-refractivity contribution in [3.8, 4) is 0 Å². The molecule has 4 nitrogen and oxygen atoms in total. The SMILES string of the molecule is CC(C)CN(C1CC1)C1(CN)CCS(=O)(=O)CC1. The van der Waals surface area contributed by atoms with Crippen molar-refractivity contribution in [2.45, 2.75) is 51.1 Å². The lowest BCUT2D eigenvalue weighted by molar-refractivity contribution is 0.0620. The van der Waals surface area contributed by atoms with Crippen molar-refractivity contribution in [1.82, 2.24) is 4.90 Å². The highest BCUT2D eigenvalue weighted by Crippen LogP contribution is 2.38. The molecule has 0 unspecified atom stereocenters. The highest BCUT2D eigenvalue weighted by Gasteiger charge is 2.46. The summed E-state index contributed by atoms with van der Waals surface area (Å²) in [4.78, 5) is 2.53. The predicted molar refractivity (Wildman–Crippen MR) is 74.2 cm³/mol. The Morgan fingerprint density at radius 1 is 1.28 bits per heavy atom. The first-order valence-electron chi connectivity index (χ1n) is 7.06. The standard InChI is InChI=1S/C13H26N2O2S/c1-11(2)9-15(12-3-4-12)13(10-14)5-7-18(16,17)8-6-13/h11-12H,3-10,14H2,1-2H3. The normalized spacial score (nSPS) is 26.7. The van der Waals surface area contributed by atoms with E-state index in [9.17, 15) is 8.42 Å². The third-order valence-electron chi connectivity index (χ3n) is 4.30. The minimum atomic E-state index is -2.81. The van der Waals surface area contributed by atoms with Crippen LogP contribution in [0.2, 0.25) is 0 Å². The van der Waals surface area contributed by atoms with Gasteiger partial charge in [-0.1, -0.05) is 13.8 Å². The minimum Gasteiger partial charge on any atom is -0.329 e. The average Bonchev–Trinajstić information content (AvgIpc) is 3.11. The molecule has 5 heteroatoms. The van der Waals surface area contributed by atoms with E-state index in [0.29, 0.717) is 30.0 Å². The molecule has 18 heavy (non-hydrogen) atoms. The molecule has 0 amide bonds. The lowest BCUT2D eigenvalue weighted by Gasteiger charge is -2.47. The molecule has 1 saturated carbocycles. The summed E-state index contributed by atoms with van der Waals surface area (Å²) >= 11 is 0. The molecule has 0 atom stereocenters. The first-order valence-corrected chi connectivity index (χ1v) is 8.88. The molecule has 2 rings (SSSR count). The largest absolute Gasteiger partial charge is 0.329 e. The average molecular weight is 274 g/mol. The number of sulfone groups is 1. The Kier molecular flexibility index (Phi) is 4.04. The Balaban J connectivity index is 2.14. The van der Waals surface area contributed by atoms with Crippen LogP contribution in [0.1, 0.15) is 39.5 Å². The Hall–Kier alpha value is -0.130. The van der Waals surface area contributed by atoms with E-state index in [4.69, 9.17) is 5.73 Å². The van der Waals surface area contributed by atoms with Gasteiger partial charge in [-0.2, -0.15) is 0 Å². The highest BCUT2D eigenvalue weighted by atomic mass is 32.2. The zero-order chi connectivity index (χ0) is 13.4. The van der Waals surface area contributed by atoms with Crippen LogP contribution in [-0.2, 0) is 9.84 Å². The number of nitrogens with two attached hydrogens (primary N) is 1. The van der Waals surface area contributed by atoms with Gasteiger partial charge in [0.1, 0.15) is 9.84 Å². The van der Waals surface area contributed by atoms with Gasteiger partial charge in [0.2, 0.25) is 0 Å². The summed E-state index contributed by atoms with van der Waals surface area (Å²) < 4.78 is 23.3. The monoisotopic (exact) mass is 274 g/mol. The molecule has 2 fully saturated rings. The number of hydrogen-bond donors (Lipinski definition) is 1. The van der Waals surface area contributed by atoms with Crippen molar-refractivity contribution in [3.05, 3.63) is 0 Å². The Labute approximate surface area is 111 Å². The van der Waals surface area contributed by atoms with Gasteiger partial charge in [0.15, 0.2) is 0 Å². The third-order valence-corrected chi connectivity index (χ3v) is 5.95. The van der Waals surface area contributed by atoms with Crippen molar-refractivity contribution in [3.63, 3.8) is 0 Å². The van der Waals surface area contributed by atoms with Crippen molar-refractivity contribution in [2.75, 3.05) is 24.6 Å². The van der Waals surface area contributed by atoms with E-state index in [1.54, 1.807) is 0 Å². The molecular formula is C13H26N2O2S. The van der Waals surface area contributed by atoms with Gasteiger partial charge in [-0.05, 0) is 31.6 Å². The summed E-state index contributed by atoms with van der Waals surface area (Å²) in [5.41, 5.74) is 5.97. The van der Waals surface area contributed by atoms with E-state index in [1.807, 2.05) is 0 Å². The molecule has 0 bridgehead atoms. The second-order valence-corrected chi connectivity index (χ2v) is 8.66. The van der Waals surface area contributed by atoms with Crippen LogP contribution in [0.25, 0.3) is 0 Å². The van der Waals surface area contributed by atoms with Crippen LogP contribution in [0, 0.1) is 5.92 Å². The molecular weight excluding hydrogens is 248 g/mol. The molecule has 1 aliphatic heterocycles. The number of rotatable bonds is 5. The van der Waals surface area contributed by atoms with Gasteiger partial charge in [0, 0.05) is 24.7 Å². The van der Waals surface area contributed by atoms with Crippen LogP contribution in [0.4, 0.5) is 0 Å². The second-order valence-electron chi connectivity index (χ2n) is 6.36. The molecule has 0 aromatic heterocycles. The van der Waals surface area contributed by atoms with E-state index in [-0.39, 0.29) is 5.54 Å². The zero-order valence-electron chi connectivity index (χ0n) is 11.6. The van der Waals surface area contributed by atoms with Gasteiger partial charge in [-0.3, -0.25) is 4.90 Å². The van der Waals surface area contributed by atoms with E-state index in [0.717, 1.165) is 19.4 Å². The van der Waals surface area contributed by atoms with E-state index in [1.165, 1.54) is 12.8 Å². The van der Waals surface area contributed by atoms with Crippen LogP contribution in [-0.4, -0.2) is 49.5 Å². The molecule has 0 aromatic carbocycles. The predicted octanol–water partition coefficient (Wildman–Crippen LogP) is 1.01. The Morgan fingerprint density at radius 3 is 2.22 bits per heavy atom. The topological polar surface area (TPSA) is 63.4 Å². The van der Waals surface area contributed by atoms with Gasteiger partial charge in [-0.15, -0.1) is 0 Å². The second kappa shape index (κ2) is 5.10. The number of hydrogen-bond acceptors (Lipinski definition) is 4. The molecule has 0 aromatic rings. The van der Waals surface area contributed by atoms with Crippen molar-refractivity contribution < 1.29 is 8.42 Å². The van der Waals surface area contributed by atoms with Crippen LogP contribution < -0.4 is 5.73 Å². The summed E-state index contributed by atoms with van der Waals surface area (Å²) in [6.07, 6.45) is 3.94. The van der Waals surface area contributed by atoms with Crippen molar-refractivity contribution in [2.24, 2.45) is 11.7 Å². The first-order chi connectivity index (χ1) is 8.38. The first kappa shape index (κ1) is 14.3. The lowest BCUT2D eigenvalue weighted by atomic mass is 9.89. The van der Waals surface area contributed by atoms with E-state index in [2.05, 4.69) is 18.7 Å². The van der Waals surface area contributed by atoms with Crippen LogP contribution in [0.5, 0.6) is 0 Å². The van der Waals surface area contributed by atoms with Crippen molar-refractivity contribution in [1.29, 1.82) is 0 Å². The molecule has 106 valence electrons. The smallest absolute Gasteiger partial charge is 0.150 e. The van der Waals surface area contributed by atoms with Crippen LogP contribution in [0.15, 0.2) is 0 Å². The van der Waals surface area contributed by atoms with Gasteiger partial charge in [0.25, 0.3) is 0 Å². The molecule has 1 aliphatic carbocycles. The van der Waals surface area contributed by atoms with Gasteiger partial charge >= 0.3 is 0 Å². The van der Waals surface area contributed by atoms with Crippen molar-refractivity contribution >= 4 is 9.84 Å². The maximum absolute atomic E-state index is 11.6. The van der Waals surface area contributed by atoms with Gasteiger partial charge in [0.05, 0.1) is 11.5 Å². The summed E-state index contributed by atoms with van der Waals surface area (Å²) in [6, 6.07) is 0.650. The summed E-state index contributed by atoms with van der Waals surface area (Å²) in [5.74, 6) is 1.23. The molecule has 0 spiro atoms. The maximum atomic E-state index is 11.6. The Bertz CT molecular complexity index is 374. The zero-order valence-corrected chi connectivity index (χ0v) is 12.4. The lowest BCUT2D eigenvalue weighted by Crippen LogP contribution is -2.59. The molecule has 0 radical (unpaired) electrons. The molecule has 2 N–H and O–H groups in total. The van der Waals surface area contributed by atoms with Gasteiger partial charge < -0.3 is 5.73 Å². The fraction of sp³-hybridized carbons (Fsp3) is 1.00. The fourth-order valence-corrected chi connectivity index (χ4v) is 4.62. The minimum absolute atomic E-state index is 0.0588. The van der Waals surface area contributed by atoms with E-state index < -0.39 is 9.84 Å². The van der Waals surface area contributed by atoms with E-state index >= 15 is 0 Å². The Morgan fingerprint density at radius 2 is 1.83 bits per heavy atom. The van der Waals surface area contributed by atoms with Crippen LogP contribution >= 0.6 is 0 Å². The molecule has 1 saturated heterocycles. The van der Waals surface area contributed by atoms with Gasteiger partial charge in [-0.25, -0.2) is 8.42 Å². The molecule has 1 heterocycles. The highest BCUT2D eigenvalue weighted by molar-refractivity contribution is 7.91. The number of nitrogens with zero attached hydrogens (tertiary/aromatic N) is 1. The molecule has 2 aliphatic rings.